The lowest BCUT2D eigenvalue weighted by Gasteiger charge is -2.06. The summed E-state index contributed by atoms with van der Waals surface area (Å²) in [4.78, 5) is 16.3. The van der Waals surface area contributed by atoms with E-state index in [4.69, 9.17) is 9.47 Å². The van der Waals surface area contributed by atoms with Gasteiger partial charge in [0.1, 0.15) is 5.75 Å². The maximum atomic E-state index is 12.0. The van der Waals surface area contributed by atoms with Gasteiger partial charge in [-0.1, -0.05) is 11.8 Å². The molecule has 7 nitrogen and oxygen atoms in total. The van der Waals surface area contributed by atoms with Crippen molar-refractivity contribution < 1.29 is 14.3 Å². The average molecular weight is 366 g/mol. The molecule has 0 unspecified atom stereocenters. The summed E-state index contributed by atoms with van der Waals surface area (Å²) in [5.41, 5.74) is 0.672. The first-order valence-electron chi connectivity index (χ1n) is 7.53. The summed E-state index contributed by atoms with van der Waals surface area (Å²) >= 11 is 2.71. The molecule has 0 radical (unpaired) electrons. The molecular formula is C15H18N4O3S2. The molecule has 1 aromatic heterocycles. The molecule has 1 saturated heterocycles. The van der Waals surface area contributed by atoms with E-state index in [1.165, 1.54) is 0 Å². The van der Waals surface area contributed by atoms with Gasteiger partial charge in [0.05, 0.1) is 13.2 Å². The summed E-state index contributed by atoms with van der Waals surface area (Å²) < 4.78 is 14.9. The number of nitrogens with one attached hydrogen (secondary N) is 2. The number of nitrogens with zero attached hydrogens (tertiary/aromatic N) is 2. The molecule has 1 aromatic carbocycles. The van der Waals surface area contributed by atoms with E-state index in [0.29, 0.717) is 16.0 Å². The third kappa shape index (κ3) is 4.83. The summed E-state index contributed by atoms with van der Waals surface area (Å²) in [6, 6.07) is 6.73. The van der Waals surface area contributed by atoms with Gasteiger partial charge in [0.15, 0.2) is 0 Å². The molecule has 0 aliphatic carbocycles. The van der Waals surface area contributed by atoms with E-state index in [2.05, 4.69) is 20.0 Å². The molecule has 3 rings (SSSR count). The van der Waals surface area contributed by atoms with Crippen molar-refractivity contribution in [1.82, 2.24) is 9.36 Å². The zero-order valence-electron chi connectivity index (χ0n) is 13.2. The Hall–Kier alpha value is -1.84. The van der Waals surface area contributed by atoms with E-state index in [9.17, 15) is 4.79 Å². The van der Waals surface area contributed by atoms with Gasteiger partial charge in [0.25, 0.3) is 0 Å². The van der Waals surface area contributed by atoms with Crippen molar-refractivity contribution in [3.05, 3.63) is 24.3 Å². The SMILES string of the molecule is COc1ccc(NC(=O)Nc2nc(SC[C@H]3CCCO3)ns2)cc1. The zero-order chi connectivity index (χ0) is 16.8. The van der Waals surface area contributed by atoms with E-state index in [0.717, 1.165) is 42.5 Å². The van der Waals surface area contributed by atoms with Crippen LogP contribution in [0.1, 0.15) is 12.8 Å². The molecule has 0 spiro atoms. The number of carbonyl (C=O) groups excluding carboxylic acids is 1. The lowest BCUT2D eigenvalue weighted by Crippen LogP contribution is -2.19. The maximum Gasteiger partial charge on any atom is 0.325 e. The van der Waals surface area contributed by atoms with Crippen LogP contribution in [0.25, 0.3) is 0 Å². The number of carbonyl (C=O) groups is 1. The van der Waals surface area contributed by atoms with Crippen molar-refractivity contribution in [3.63, 3.8) is 0 Å². The molecule has 2 heterocycles. The molecule has 1 fully saturated rings. The first-order valence-corrected chi connectivity index (χ1v) is 9.29. The molecule has 2 aromatic rings. The highest BCUT2D eigenvalue weighted by atomic mass is 32.2. The minimum absolute atomic E-state index is 0.285. The first kappa shape index (κ1) is 17.0. The number of hydrogen-bond acceptors (Lipinski definition) is 7. The monoisotopic (exact) mass is 366 g/mol. The number of benzene rings is 1. The minimum atomic E-state index is -0.355. The minimum Gasteiger partial charge on any atom is -0.497 e. The van der Waals surface area contributed by atoms with Crippen molar-refractivity contribution in [2.45, 2.75) is 24.1 Å². The molecule has 1 atom stereocenters. The smallest absolute Gasteiger partial charge is 0.325 e. The summed E-state index contributed by atoms with van der Waals surface area (Å²) in [6.07, 6.45) is 2.49. The third-order valence-corrected chi connectivity index (χ3v) is 5.12. The Bertz CT molecular complexity index is 672. The van der Waals surface area contributed by atoms with Gasteiger partial charge in [-0.15, -0.1) is 0 Å². The number of rotatable bonds is 6. The Kier molecular flexibility index (Phi) is 5.89. The van der Waals surface area contributed by atoms with E-state index >= 15 is 0 Å². The van der Waals surface area contributed by atoms with Gasteiger partial charge in [-0.2, -0.15) is 9.36 Å². The zero-order valence-corrected chi connectivity index (χ0v) is 14.8. The highest BCUT2D eigenvalue weighted by Gasteiger charge is 2.17. The van der Waals surface area contributed by atoms with Gasteiger partial charge >= 0.3 is 6.03 Å². The highest BCUT2D eigenvalue weighted by Crippen LogP contribution is 2.24. The Morgan fingerprint density at radius 2 is 2.25 bits per heavy atom. The molecule has 1 aliphatic rings. The Morgan fingerprint density at radius 1 is 1.42 bits per heavy atom. The fraction of sp³-hybridized carbons (Fsp3) is 0.400. The van der Waals surface area contributed by atoms with E-state index in [1.807, 2.05) is 0 Å². The quantitative estimate of drug-likeness (QED) is 0.762. The lowest BCUT2D eigenvalue weighted by molar-refractivity contribution is 0.129. The van der Waals surface area contributed by atoms with Crippen LogP contribution < -0.4 is 15.4 Å². The number of methoxy groups -OCH3 is 1. The topological polar surface area (TPSA) is 85.4 Å². The number of anilines is 2. The average Bonchev–Trinajstić information content (AvgIpc) is 3.25. The number of amides is 2. The van der Waals surface area contributed by atoms with Crippen molar-refractivity contribution in [1.29, 1.82) is 0 Å². The Balaban J connectivity index is 1.47. The predicted octanol–water partition coefficient (Wildman–Crippen LogP) is 3.46. The fourth-order valence-corrected chi connectivity index (χ4v) is 3.80. The predicted molar refractivity (Wildman–Crippen MR) is 95.2 cm³/mol. The summed E-state index contributed by atoms with van der Waals surface area (Å²) in [6.45, 7) is 0.841. The molecule has 24 heavy (non-hydrogen) atoms. The molecular weight excluding hydrogens is 348 g/mol. The molecule has 2 N–H and O–H groups in total. The summed E-state index contributed by atoms with van der Waals surface area (Å²) in [7, 11) is 1.60. The molecule has 2 amide bonds. The maximum absolute atomic E-state index is 12.0. The molecule has 0 saturated carbocycles. The van der Waals surface area contributed by atoms with E-state index in [-0.39, 0.29) is 12.1 Å². The second-order valence-corrected chi connectivity index (χ2v) is 6.87. The molecule has 0 bridgehead atoms. The van der Waals surface area contributed by atoms with Crippen molar-refractivity contribution in [2.75, 3.05) is 30.1 Å². The second-order valence-electron chi connectivity index (χ2n) is 5.14. The molecule has 9 heteroatoms. The van der Waals surface area contributed by atoms with Crippen LogP contribution in [0.3, 0.4) is 0 Å². The van der Waals surface area contributed by atoms with Crippen molar-refractivity contribution >= 4 is 40.1 Å². The van der Waals surface area contributed by atoms with Gasteiger partial charge < -0.3 is 14.8 Å². The third-order valence-electron chi connectivity index (χ3n) is 3.40. The number of ether oxygens (including phenoxy) is 2. The van der Waals surface area contributed by atoms with Gasteiger partial charge in [0.2, 0.25) is 10.3 Å². The van der Waals surface area contributed by atoms with Crippen LogP contribution in [0.5, 0.6) is 5.75 Å². The Labute approximate surface area is 148 Å². The number of aromatic nitrogens is 2. The van der Waals surface area contributed by atoms with E-state index < -0.39 is 0 Å². The summed E-state index contributed by atoms with van der Waals surface area (Å²) in [5, 5.41) is 6.55. The van der Waals surface area contributed by atoms with E-state index in [1.54, 1.807) is 43.1 Å². The van der Waals surface area contributed by atoms with Crippen LogP contribution >= 0.6 is 23.3 Å². The van der Waals surface area contributed by atoms with Crippen LogP contribution in [0.4, 0.5) is 15.6 Å². The van der Waals surface area contributed by atoms with Gasteiger partial charge in [-0.3, -0.25) is 5.32 Å². The van der Waals surface area contributed by atoms with Crippen molar-refractivity contribution in [2.24, 2.45) is 0 Å². The standard InChI is InChI=1S/C15H18N4O3S2/c1-21-11-6-4-10(5-7-11)16-13(20)17-14-18-15(19-24-14)23-9-12-3-2-8-22-12/h4-7,12H,2-3,8-9H2,1H3,(H2,16,17,18,19,20)/t12-/m1/s1. The van der Waals surface area contributed by atoms with Gasteiger partial charge in [-0.25, -0.2) is 4.79 Å². The normalized spacial score (nSPS) is 16.8. The summed E-state index contributed by atoms with van der Waals surface area (Å²) in [5.74, 6) is 1.58. The van der Waals surface area contributed by atoms with Gasteiger partial charge in [-0.05, 0) is 37.1 Å². The lowest BCUT2D eigenvalue weighted by atomic mass is 10.3. The fourth-order valence-electron chi connectivity index (χ4n) is 2.20. The molecule has 1 aliphatic heterocycles. The van der Waals surface area contributed by atoms with Gasteiger partial charge in [0, 0.05) is 29.6 Å². The van der Waals surface area contributed by atoms with Crippen LogP contribution in [0.2, 0.25) is 0 Å². The van der Waals surface area contributed by atoms with Crippen LogP contribution in [-0.4, -0.2) is 41.0 Å². The number of hydrogen-bond donors (Lipinski definition) is 2. The van der Waals surface area contributed by atoms with Crippen LogP contribution in [0.15, 0.2) is 29.4 Å². The second kappa shape index (κ2) is 8.32. The van der Waals surface area contributed by atoms with Crippen LogP contribution in [0, 0.1) is 0 Å². The van der Waals surface area contributed by atoms with Crippen molar-refractivity contribution in [3.8, 4) is 5.75 Å². The number of urea groups is 1. The first-order chi connectivity index (χ1) is 11.7. The van der Waals surface area contributed by atoms with Crippen LogP contribution in [-0.2, 0) is 4.74 Å². The molecule has 128 valence electrons. The highest BCUT2D eigenvalue weighted by molar-refractivity contribution is 7.99. The Morgan fingerprint density at radius 3 is 2.96 bits per heavy atom. The largest absolute Gasteiger partial charge is 0.497 e. The number of thioether (sulfide) groups is 1.